The van der Waals surface area contributed by atoms with Crippen molar-refractivity contribution in [1.29, 1.82) is 0 Å². The third-order valence-corrected chi connectivity index (χ3v) is 2.31. The molecular weight excluding hydrogens is 210 g/mol. The maximum atomic E-state index is 11.1. The fraction of sp³-hybridized carbons (Fsp3) is 0.0909. The molecule has 16 heavy (non-hydrogen) atoms. The summed E-state index contributed by atoms with van der Waals surface area (Å²) in [5.74, 6) is -0.990. The first-order valence-corrected chi connectivity index (χ1v) is 4.55. The van der Waals surface area contributed by atoms with E-state index in [2.05, 4.69) is 0 Å². The zero-order chi connectivity index (χ0) is 11.9. The van der Waals surface area contributed by atoms with Crippen LogP contribution in [0.5, 0.6) is 5.75 Å². The molecule has 0 bridgehead atoms. The smallest absolute Gasteiger partial charge is 0.296 e. The van der Waals surface area contributed by atoms with Gasteiger partial charge in [-0.15, -0.1) is 0 Å². The van der Waals surface area contributed by atoms with Crippen LogP contribution in [0.3, 0.4) is 0 Å². The van der Waals surface area contributed by atoms with Crippen molar-refractivity contribution in [1.82, 2.24) is 0 Å². The highest BCUT2D eigenvalue weighted by Crippen LogP contribution is 2.04. The van der Waals surface area contributed by atoms with E-state index in [0.29, 0.717) is 5.56 Å². The zero-order valence-electron chi connectivity index (χ0n) is 8.39. The molecule has 0 spiro atoms. The molecule has 0 saturated heterocycles. The van der Waals surface area contributed by atoms with Crippen molar-refractivity contribution in [3.05, 3.63) is 50.5 Å². The minimum Gasteiger partial charge on any atom is -0.865 e. The molecule has 1 aromatic heterocycles. The number of pyridine rings is 1. The molecule has 2 rings (SSSR count). The van der Waals surface area contributed by atoms with E-state index < -0.39 is 16.6 Å². The van der Waals surface area contributed by atoms with E-state index in [9.17, 15) is 19.5 Å². The van der Waals surface area contributed by atoms with Gasteiger partial charge in [-0.1, -0.05) is 0 Å². The molecular formula is C11H7NO4. The van der Waals surface area contributed by atoms with E-state index in [1.54, 1.807) is 6.07 Å². The molecule has 1 aromatic carbocycles. The molecule has 0 unspecified atom stereocenters. The Kier molecular flexibility index (Phi) is 2.16. The summed E-state index contributed by atoms with van der Waals surface area (Å²) in [6.07, 6.45) is 2.81. The van der Waals surface area contributed by atoms with Gasteiger partial charge in [-0.2, -0.15) is 4.57 Å². The second kappa shape index (κ2) is 3.37. The van der Waals surface area contributed by atoms with Crippen molar-refractivity contribution in [3.8, 4) is 11.4 Å². The minimum absolute atomic E-state index is 0.180. The standard InChI is InChI=1S/C11H7NO4/c1-6(13)7-3-2-4-12(5-7)8-9(14)11(16)10(8)15/h2-5H,1H3. The summed E-state index contributed by atoms with van der Waals surface area (Å²) in [6, 6.07) is 3.10. The van der Waals surface area contributed by atoms with Gasteiger partial charge in [0.15, 0.2) is 18.2 Å². The molecule has 1 heterocycles. The van der Waals surface area contributed by atoms with Crippen LogP contribution in [0.1, 0.15) is 17.3 Å². The van der Waals surface area contributed by atoms with Crippen molar-refractivity contribution < 1.29 is 14.5 Å². The first-order chi connectivity index (χ1) is 7.52. The van der Waals surface area contributed by atoms with E-state index in [0.717, 1.165) is 0 Å². The highest BCUT2D eigenvalue weighted by atomic mass is 16.3. The fourth-order valence-corrected chi connectivity index (χ4v) is 1.42. The maximum Gasteiger partial charge on any atom is 0.296 e. The predicted molar refractivity (Wildman–Crippen MR) is 52.3 cm³/mol. The number of nitrogens with zero attached hydrogens (tertiary/aromatic N) is 1. The largest absolute Gasteiger partial charge is 0.865 e. The summed E-state index contributed by atoms with van der Waals surface area (Å²) in [5, 5.41) is 11.1. The molecule has 5 nitrogen and oxygen atoms in total. The Morgan fingerprint density at radius 3 is 2.56 bits per heavy atom. The SMILES string of the molecule is CC(=O)c1ccc[n+](-c2c([O-])c(=O)c2=O)c1. The van der Waals surface area contributed by atoms with Crippen LogP contribution in [0.4, 0.5) is 0 Å². The van der Waals surface area contributed by atoms with E-state index >= 15 is 0 Å². The number of carbonyl (C=O) groups excluding carboxylic acids is 1. The lowest BCUT2D eigenvalue weighted by Crippen LogP contribution is -2.49. The topological polar surface area (TPSA) is 78.2 Å². The highest BCUT2D eigenvalue weighted by Gasteiger charge is 2.23. The van der Waals surface area contributed by atoms with Crippen LogP contribution in [0, 0.1) is 0 Å². The van der Waals surface area contributed by atoms with Gasteiger partial charge in [-0.3, -0.25) is 14.4 Å². The molecule has 0 N–H and O–H groups in total. The van der Waals surface area contributed by atoms with Gasteiger partial charge in [0.05, 0.1) is 5.56 Å². The van der Waals surface area contributed by atoms with Crippen molar-refractivity contribution in [2.45, 2.75) is 6.92 Å². The van der Waals surface area contributed by atoms with Gasteiger partial charge in [-0.25, -0.2) is 0 Å². The Labute approximate surface area is 89.9 Å². The number of hydrogen-bond donors (Lipinski definition) is 0. The van der Waals surface area contributed by atoms with Crippen molar-refractivity contribution in [3.63, 3.8) is 0 Å². The number of carbonyl (C=O) groups is 1. The summed E-state index contributed by atoms with van der Waals surface area (Å²) in [4.78, 5) is 33.0. The summed E-state index contributed by atoms with van der Waals surface area (Å²) in [5.41, 5.74) is -1.64. The van der Waals surface area contributed by atoms with Crippen molar-refractivity contribution in [2.75, 3.05) is 0 Å². The van der Waals surface area contributed by atoms with Crippen LogP contribution < -0.4 is 20.5 Å². The van der Waals surface area contributed by atoms with Crippen LogP contribution in [-0.4, -0.2) is 5.78 Å². The van der Waals surface area contributed by atoms with E-state index in [1.165, 1.54) is 30.0 Å². The highest BCUT2D eigenvalue weighted by molar-refractivity contribution is 5.93. The van der Waals surface area contributed by atoms with Crippen molar-refractivity contribution >= 4 is 5.78 Å². The second-order valence-corrected chi connectivity index (χ2v) is 3.39. The van der Waals surface area contributed by atoms with Gasteiger partial charge >= 0.3 is 0 Å². The lowest BCUT2D eigenvalue weighted by molar-refractivity contribution is -0.602. The van der Waals surface area contributed by atoms with Crippen LogP contribution >= 0.6 is 0 Å². The molecule has 5 heteroatoms. The molecule has 0 radical (unpaired) electrons. The van der Waals surface area contributed by atoms with Gasteiger partial charge in [0.2, 0.25) is 5.43 Å². The average molecular weight is 217 g/mol. The van der Waals surface area contributed by atoms with Gasteiger partial charge in [0.1, 0.15) is 0 Å². The first kappa shape index (κ1) is 10.2. The molecule has 0 aliphatic rings. The predicted octanol–water partition coefficient (Wildman–Crippen LogP) is -1.16. The lowest BCUT2D eigenvalue weighted by Gasteiger charge is -2.08. The number of aromatic nitrogens is 1. The monoisotopic (exact) mass is 217 g/mol. The summed E-state index contributed by atoms with van der Waals surface area (Å²) >= 11 is 0. The second-order valence-electron chi connectivity index (χ2n) is 3.39. The van der Waals surface area contributed by atoms with Crippen molar-refractivity contribution in [2.24, 2.45) is 0 Å². The summed E-state index contributed by atoms with van der Waals surface area (Å²) in [6.45, 7) is 1.37. The number of Topliss-reactive ketones (excluding diaryl/α,β-unsaturated/α-hetero) is 1. The first-order valence-electron chi connectivity index (χ1n) is 4.55. The fourth-order valence-electron chi connectivity index (χ4n) is 1.42. The lowest BCUT2D eigenvalue weighted by atomic mass is 10.2. The van der Waals surface area contributed by atoms with E-state index in [1.807, 2.05) is 0 Å². The summed E-state index contributed by atoms with van der Waals surface area (Å²) < 4.78 is 1.21. The maximum absolute atomic E-state index is 11.1. The molecule has 0 saturated carbocycles. The Morgan fingerprint density at radius 2 is 2.00 bits per heavy atom. The average Bonchev–Trinajstić information content (AvgIpc) is 2.29. The molecule has 2 aromatic rings. The van der Waals surface area contributed by atoms with Gasteiger partial charge < -0.3 is 5.11 Å². The zero-order valence-corrected chi connectivity index (χ0v) is 8.39. The Balaban J connectivity index is 2.59. The van der Waals surface area contributed by atoms with Gasteiger partial charge in [-0.05, 0) is 13.0 Å². The Morgan fingerprint density at radius 1 is 1.31 bits per heavy atom. The van der Waals surface area contributed by atoms with E-state index in [-0.39, 0.29) is 11.5 Å². The third kappa shape index (κ3) is 1.33. The Hall–Kier alpha value is -2.30. The molecule has 0 aliphatic heterocycles. The molecule has 0 atom stereocenters. The van der Waals surface area contributed by atoms with E-state index in [4.69, 9.17) is 0 Å². The van der Waals surface area contributed by atoms with Gasteiger partial charge in [0.25, 0.3) is 11.1 Å². The number of hydrogen-bond acceptors (Lipinski definition) is 4. The van der Waals surface area contributed by atoms with Crippen LogP contribution in [0.2, 0.25) is 0 Å². The molecule has 0 amide bonds. The number of rotatable bonds is 2. The molecule has 0 fully saturated rings. The van der Waals surface area contributed by atoms with Gasteiger partial charge in [0, 0.05) is 11.8 Å². The van der Waals surface area contributed by atoms with Crippen LogP contribution in [0.15, 0.2) is 34.1 Å². The normalized spacial score (nSPS) is 10.6. The van der Waals surface area contributed by atoms with Crippen LogP contribution in [0.25, 0.3) is 5.69 Å². The third-order valence-electron chi connectivity index (χ3n) is 2.31. The summed E-state index contributed by atoms with van der Waals surface area (Å²) in [7, 11) is 0. The van der Waals surface area contributed by atoms with Crippen LogP contribution in [-0.2, 0) is 0 Å². The number of ketones is 1. The Bertz CT molecular complexity index is 650. The minimum atomic E-state index is -1.00. The molecule has 0 aliphatic carbocycles. The quantitative estimate of drug-likeness (QED) is 0.361. The molecule has 80 valence electrons.